The van der Waals surface area contributed by atoms with Crippen molar-refractivity contribution in [2.24, 2.45) is 0 Å². The lowest BCUT2D eigenvalue weighted by Gasteiger charge is -1.78. The number of nitrogens with one attached hydrogen (secondary N) is 2. The fraction of sp³-hybridized carbons (Fsp3) is 0. The fourth-order valence-electron chi connectivity index (χ4n) is 0.273. The van der Waals surface area contributed by atoms with Gasteiger partial charge in [0, 0.05) is 0 Å². The highest BCUT2D eigenvalue weighted by atomic mass is 16.2. The van der Waals surface area contributed by atoms with E-state index in [1.165, 1.54) is 0 Å². The number of ketones is 2. The highest BCUT2D eigenvalue weighted by Gasteiger charge is 2.04. The molecule has 2 N–H and O–H groups in total. The summed E-state index contributed by atoms with van der Waals surface area (Å²) in [5.41, 5.74) is 0. The Morgan fingerprint density at radius 2 is 1.30 bits per heavy atom. The average Bonchev–Trinajstić information content (AvgIpc) is 1.89. The van der Waals surface area contributed by atoms with Crippen LogP contribution in [0.15, 0.2) is 12.2 Å². The molecule has 10 heavy (non-hydrogen) atoms. The molecule has 0 radical (unpaired) electrons. The summed E-state index contributed by atoms with van der Waals surface area (Å²) in [6.07, 6.45) is 1.38. The van der Waals surface area contributed by atoms with Crippen LogP contribution in [0.4, 0.5) is 0 Å². The summed E-state index contributed by atoms with van der Waals surface area (Å²) in [5, 5.41) is 12.6. The molecule has 0 bridgehead atoms. The number of hydrogen-bond acceptors (Lipinski definition) is 4. The van der Waals surface area contributed by atoms with Gasteiger partial charge in [-0.05, 0) is 11.7 Å². The van der Waals surface area contributed by atoms with E-state index in [1.54, 1.807) is 11.7 Å². The summed E-state index contributed by atoms with van der Waals surface area (Å²) in [6.45, 7) is 0. The first-order chi connectivity index (χ1) is 4.72. The third-order valence-electron chi connectivity index (χ3n) is 0.649. The molecule has 0 rings (SSSR count). The molecule has 0 amide bonds. The van der Waals surface area contributed by atoms with Crippen molar-refractivity contribution in [2.75, 3.05) is 0 Å². The van der Waals surface area contributed by atoms with Crippen molar-refractivity contribution >= 4 is 23.3 Å². The van der Waals surface area contributed by atoms with Gasteiger partial charge in [-0.2, -0.15) is 0 Å². The lowest BCUT2D eigenvalue weighted by molar-refractivity contribution is -0.130. The van der Waals surface area contributed by atoms with Crippen LogP contribution < -0.4 is 0 Å². The normalized spacial score (nSPS) is 6.80. The molecule has 0 aliphatic carbocycles. The van der Waals surface area contributed by atoms with Crippen LogP contribution in [0.1, 0.15) is 0 Å². The van der Waals surface area contributed by atoms with Gasteiger partial charge in [0.05, 0.1) is 12.2 Å². The zero-order valence-electron chi connectivity index (χ0n) is 4.97. The Bertz CT molecular complexity index is 227. The van der Waals surface area contributed by atoms with E-state index in [4.69, 9.17) is 10.8 Å². The molecule has 0 aliphatic heterocycles. The number of carbonyl (C=O) groups excluding carboxylic acids is 2. The molecule has 0 heterocycles. The molecular weight excluding hydrogens is 132 g/mol. The highest BCUT2D eigenvalue weighted by Crippen LogP contribution is 1.75. The Kier molecular flexibility index (Phi) is 3.42. The van der Waals surface area contributed by atoms with E-state index in [-0.39, 0.29) is 0 Å². The second-order valence-electron chi connectivity index (χ2n) is 1.31. The molecule has 4 nitrogen and oxygen atoms in total. The molecule has 0 aromatic rings. The summed E-state index contributed by atoms with van der Waals surface area (Å²) in [6, 6.07) is 0. The smallest absolute Gasteiger partial charge is 0.235 e. The van der Waals surface area contributed by atoms with Crippen LogP contribution in [-0.2, 0) is 9.59 Å². The topological polar surface area (TPSA) is 81.8 Å². The molecule has 0 atom stereocenters. The van der Waals surface area contributed by atoms with E-state index in [9.17, 15) is 9.59 Å². The molecule has 0 fully saturated rings. The number of hydrogen-bond donors (Lipinski definition) is 2. The summed E-state index contributed by atoms with van der Waals surface area (Å²) >= 11 is 0. The third kappa shape index (κ3) is 2.52. The van der Waals surface area contributed by atoms with Crippen LogP contribution in [0, 0.1) is 10.8 Å². The van der Waals surface area contributed by atoms with Gasteiger partial charge in [0.1, 0.15) is 0 Å². The molecule has 4 heteroatoms. The Morgan fingerprint density at radius 1 is 1.00 bits per heavy atom. The lowest BCUT2D eigenvalue weighted by Crippen LogP contribution is -2.06. The first kappa shape index (κ1) is 8.24. The lowest BCUT2D eigenvalue weighted by atomic mass is 10.2. The maximum Gasteiger partial charge on any atom is 0.235 e. The van der Waals surface area contributed by atoms with Gasteiger partial charge in [-0.3, -0.25) is 20.4 Å². The van der Waals surface area contributed by atoms with Crippen molar-refractivity contribution in [3.05, 3.63) is 12.2 Å². The zero-order chi connectivity index (χ0) is 7.98. The molecule has 0 aliphatic rings. The van der Waals surface area contributed by atoms with E-state index in [2.05, 4.69) is 0 Å². The molecule has 0 spiro atoms. The summed E-state index contributed by atoms with van der Waals surface area (Å²) < 4.78 is 0. The second-order valence-corrected chi connectivity index (χ2v) is 1.31. The summed E-state index contributed by atoms with van der Waals surface area (Å²) in [7, 11) is 0. The number of rotatable bonds is 3. The van der Waals surface area contributed by atoms with Crippen LogP contribution in [-0.4, -0.2) is 23.3 Å². The predicted octanol–water partition coefficient (Wildman–Crippen LogP) is -0.266. The molecule has 50 valence electrons. The molecule has 0 saturated carbocycles. The van der Waals surface area contributed by atoms with Crippen LogP contribution in [0.5, 0.6) is 0 Å². The highest BCUT2D eigenvalue weighted by molar-refractivity contribution is 6.47. The van der Waals surface area contributed by atoms with Gasteiger partial charge in [-0.1, -0.05) is 0 Å². The van der Waals surface area contributed by atoms with E-state index in [1.807, 2.05) is 0 Å². The van der Waals surface area contributed by atoms with Crippen molar-refractivity contribution in [3.8, 4) is 0 Å². The van der Waals surface area contributed by atoms with Crippen molar-refractivity contribution in [3.63, 3.8) is 0 Å². The minimum absolute atomic E-state index is 0.691. The van der Waals surface area contributed by atoms with Crippen LogP contribution in [0.2, 0.25) is 0 Å². The van der Waals surface area contributed by atoms with Gasteiger partial charge in [-0.25, -0.2) is 0 Å². The Labute approximate surface area is 56.9 Å². The molecule has 0 saturated heterocycles. The van der Waals surface area contributed by atoms with Gasteiger partial charge < -0.3 is 0 Å². The third-order valence-corrected chi connectivity index (χ3v) is 0.649. The van der Waals surface area contributed by atoms with E-state index >= 15 is 0 Å². The van der Waals surface area contributed by atoms with Crippen LogP contribution in [0.3, 0.4) is 0 Å². The Balaban J connectivity index is 4.37. The SMILES string of the molecule is N=C=CC(=O)C(=O)C=C=N. The quantitative estimate of drug-likeness (QED) is 0.318. The maximum absolute atomic E-state index is 10.4. The van der Waals surface area contributed by atoms with Gasteiger partial charge in [0.25, 0.3) is 0 Å². The van der Waals surface area contributed by atoms with Gasteiger partial charge in [0.15, 0.2) is 0 Å². The van der Waals surface area contributed by atoms with Crippen molar-refractivity contribution in [1.82, 2.24) is 0 Å². The molecule has 0 aromatic heterocycles. The Morgan fingerprint density at radius 3 is 1.50 bits per heavy atom. The standard InChI is InChI=1S/C6H4N2O2/c7-3-1-5(9)6(10)2-4-8/h1-2,7-8H. The summed E-state index contributed by atoms with van der Waals surface area (Å²) in [4.78, 5) is 20.8. The zero-order valence-corrected chi connectivity index (χ0v) is 4.97. The van der Waals surface area contributed by atoms with Gasteiger partial charge >= 0.3 is 0 Å². The van der Waals surface area contributed by atoms with E-state index in [0.717, 1.165) is 0 Å². The first-order valence-corrected chi connectivity index (χ1v) is 2.31. The first-order valence-electron chi connectivity index (χ1n) is 2.31. The van der Waals surface area contributed by atoms with Crippen molar-refractivity contribution in [1.29, 1.82) is 10.8 Å². The minimum atomic E-state index is -0.866. The fourth-order valence-corrected chi connectivity index (χ4v) is 0.273. The number of allylic oxidation sites excluding steroid dienone is 2. The van der Waals surface area contributed by atoms with Gasteiger partial charge in [0.2, 0.25) is 11.6 Å². The second kappa shape index (κ2) is 4.15. The van der Waals surface area contributed by atoms with Gasteiger partial charge in [-0.15, -0.1) is 0 Å². The van der Waals surface area contributed by atoms with Crippen LogP contribution >= 0.6 is 0 Å². The predicted molar refractivity (Wildman–Crippen MR) is 34.6 cm³/mol. The molecular formula is C6H4N2O2. The van der Waals surface area contributed by atoms with Crippen molar-refractivity contribution in [2.45, 2.75) is 0 Å². The molecule has 0 unspecified atom stereocenters. The monoisotopic (exact) mass is 136 g/mol. The average molecular weight is 136 g/mol. The minimum Gasteiger partial charge on any atom is -0.285 e. The maximum atomic E-state index is 10.4. The Hall–Kier alpha value is -1.76. The van der Waals surface area contributed by atoms with E-state index < -0.39 is 11.6 Å². The summed E-state index contributed by atoms with van der Waals surface area (Å²) in [5.74, 6) is 1.57. The largest absolute Gasteiger partial charge is 0.285 e. The van der Waals surface area contributed by atoms with Crippen LogP contribution in [0.25, 0.3) is 0 Å². The number of carbonyl (C=O) groups is 2. The van der Waals surface area contributed by atoms with Crippen molar-refractivity contribution < 1.29 is 9.59 Å². The van der Waals surface area contributed by atoms with E-state index in [0.29, 0.717) is 12.2 Å². The molecule has 0 aromatic carbocycles.